The molecule has 0 spiro atoms. The van der Waals surface area contributed by atoms with Gasteiger partial charge in [0.25, 0.3) is 0 Å². The second-order valence-corrected chi connectivity index (χ2v) is 6.11. The van der Waals surface area contributed by atoms with E-state index in [0.29, 0.717) is 11.6 Å². The molecule has 0 saturated heterocycles. The maximum atomic E-state index is 12.1. The van der Waals surface area contributed by atoms with Crippen LogP contribution >= 0.6 is 11.6 Å². The number of aromatic nitrogens is 2. The predicted octanol–water partition coefficient (Wildman–Crippen LogP) is 3.81. The van der Waals surface area contributed by atoms with Crippen LogP contribution in [0.2, 0.25) is 5.02 Å². The Hall–Kier alpha value is -2.79. The highest BCUT2D eigenvalue weighted by Crippen LogP contribution is 2.32. The lowest BCUT2D eigenvalue weighted by Gasteiger charge is -2.25. The standard InChI is InChI=1S/C18H15ClN4O/c19-14-8-6-13(7-9-14)16-15-10-20-23(17(15)22-18(24)21-16)11-12-4-2-1-3-5-12/h1-10,16H,11H2,(H2,21,22,24). The number of rotatable bonds is 3. The van der Waals surface area contributed by atoms with E-state index in [1.54, 1.807) is 6.20 Å². The number of benzene rings is 2. The molecule has 24 heavy (non-hydrogen) atoms. The maximum Gasteiger partial charge on any atom is 0.321 e. The molecule has 120 valence electrons. The van der Waals surface area contributed by atoms with Crippen molar-refractivity contribution in [1.82, 2.24) is 15.1 Å². The number of fused-ring (bicyclic) bond motifs is 1. The van der Waals surface area contributed by atoms with Crippen molar-refractivity contribution < 1.29 is 4.79 Å². The lowest BCUT2D eigenvalue weighted by atomic mass is 9.99. The van der Waals surface area contributed by atoms with Crippen LogP contribution in [-0.4, -0.2) is 15.8 Å². The molecule has 5 nitrogen and oxygen atoms in total. The van der Waals surface area contributed by atoms with E-state index in [4.69, 9.17) is 11.6 Å². The van der Waals surface area contributed by atoms with Gasteiger partial charge in [0.2, 0.25) is 0 Å². The number of anilines is 1. The third kappa shape index (κ3) is 2.74. The van der Waals surface area contributed by atoms with Crippen molar-refractivity contribution in [2.24, 2.45) is 0 Å². The normalized spacial score (nSPS) is 16.2. The van der Waals surface area contributed by atoms with Crippen LogP contribution in [-0.2, 0) is 6.54 Å². The zero-order valence-corrected chi connectivity index (χ0v) is 13.5. The quantitative estimate of drug-likeness (QED) is 0.763. The summed E-state index contributed by atoms with van der Waals surface area (Å²) in [6.07, 6.45) is 1.80. The zero-order chi connectivity index (χ0) is 16.5. The number of urea groups is 1. The molecule has 0 saturated carbocycles. The Morgan fingerprint density at radius 3 is 2.58 bits per heavy atom. The molecular weight excluding hydrogens is 324 g/mol. The van der Waals surface area contributed by atoms with E-state index in [-0.39, 0.29) is 12.1 Å². The zero-order valence-electron chi connectivity index (χ0n) is 12.7. The molecule has 0 radical (unpaired) electrons. The number of halogens is 1. The van der Waals surface area contributed by atoms with Crippen LogP contribution in [0, 0.1) is 0 Å². The van der Waals surface area contributed by atoms with Crippen molar-refractivity contribution in [2.75, 3.05) is 5.32 Å². The van der Waals surface area contributed by atoms with Crippen molar-refractivity contribution in [1.29, 1.82) is 0 Å². The van der Waals surface area contributed by atoms with Crippen LogP contribution in [0.5, 0.6) is 0 Å². The Kier molecular flexibility index (Phi) is 3.70. The minimum absolute atomic E-state index is 0.239. The van der Waals surface area contributed by atoms with Gasteiger partial charge in [-0.15, -0.1) is 0 Å². The molecule has 1 atom stereocenters. The molecule has 2 amide bonds. The van der Waals surface area contributed by atoms with Crippen LogP contribution in [0.25, 0.3) is 0 Å². The Bertz CT molecular complexity index is 874. The monoisotopic (exact) mass is 338 g/mol. The lowest BCUT2D eigenvalue weighted by Crippen LogP contribution is -2.38. The van der Waals surface area contributed by atoms with Gasteiger partial charge in [0.1, 0.15) is 5.82 Å². The van der Waals surface area contributed by atoms with Crippen LogP contribution in [0.4, 0.5) is 10.6 Å². The van der Waals surface area contributed by atoms with E-state index in [0.717, 1.165) is 22.5 Å². The van der Waals surface area contributed by atoms with Crippen LogP contribution in [0.3, 0.4) is 0 Å². The lowest BCUT2D eigenvalue weighted by molar-refractivity contribution is 0.248. The fraction of sp³-hybridized carbons (Fsp3) is 0.111. The second-order valence-electron chi connectivity index (χ2n) is 5.67. The largest absolute Gasteiger partial charge is 0.327 e. The van der Waals surface area contributed by atoms with Gasteiger partial charge in [0.15, 0.2) is 0 Å². The molecule has 2 heterocycles. The third-order valence-electron chi connectivity index (χ3n) is 4.06. The molecule has 3 aromatic rings. The number of nitrogens with zero attached hydrogens (tertiary/aromatic N) is 2. The summed E-state index contributed by atoms with van der Waals surface area (Å²) in [6.45, 7) is 0.601. The molecule has 6 heteroatoms. The Labute approximate surface area is 144 Å². The van der Waals surface area contributed by atoms with Gasteiger partial charge in [-0.2, -0.15) is 5.10 Å². The molecule has 1 aliphatic rings. The topological polar surface area (TPSA) is 59.0 Å². The highest BCUT2D eigenvalue weighted by Gasteiger charge is 2.29. The average molecular weight is 339 g/mol. The second kappa shape index (κ2) is 6.02. The van der Waals surface area contributed by atoms with E-state index in [9.17, 15) is 4.79 Å². The Balaban J connectivity index is 1.70. The summed E-state index contributed by atoms with van der Waals surface area (Å²) >= 11 is 5.96. The Morgan fingerprint density at radius 2 is 1.83 bits per heavy atom. The van der Waals surface area contributed by atoms with Crippen molar-refractivity contribution in [3.8, 4) is 0 Å². The molecule has 0 fully saturated rings. The highest BCUT2D eigenvalue weighted by molar-refractivity contribution is 6.30. The van der Waals surface area contributed by atoms with Crippen molar-refractivity contribution >= 4 is 23.4 Å². The number of carbonyl (C=O) groups is 1. The first-order chi connectivity index (χ1) is 11.7. The number of nitrogens with one attached hydrogen (secondary N) is 2. The van der Waals surface area contributed by atoms with Gasteiger partial charge < -0.3 is 5.32 Å². The molecular formula is C18H15ClN4O. The van der Waals surface area contributed by atoms with Gasteiger partial charge in [0.05, 0.1) is 18.8 Å². The van der Waals surface area contributed by atoms with Crippen LogP contribution in [0.1, 0.15) is 22.7 Å². The molecule has 1 aliphatic heterocycles. The molecule has 1 unspecified atom stereocenters. The minimum atomic E-state index is -0.240. The maximum absolute atomic E-state index is 12.1. The molecule has 1 aromatic heterocycles. The molecule has 2 N–H and O–H groups in total. The number of carbonyl (C=O) groups excluding carboxylic acids is 1. The first-order valence-corrected chi connectivity index (χ1v) is 8.01. The summed E-state index contributed by atoms with van der Waals surface area (Å²) < 4.78 is 1.81. The first kappa shape index (κ1) is 14.8. The highest BCUT2D eigenvalue weighted by atomic mass is 35.5. The average Bonchev–Trinajstić information content (AvgIpc) is 2.99. The molecule has 0 bridgehead atoms. The summed E-state index contributed by atoms with van der Waals surface area (Å²) in [5.41, 5.74) is 3.03. The SMILES string of the molecule is O=C1Nc2c(cnn2Cc2ccccc2)C(c2ccc(Cl)cc2)N1. The number of amides is 2. The Morgan fingerprint density at radius 1 is 1.08 bits per heavy atom. The van der Waals surface area contributed by atoms with E-state index < -0.39 is 0 Å². The molecule has 4 rings (SSSR count). The van der Waals surface area contributed by atoms with Crippen molar-refractivity contribution in [3.63, 3.8) is 0 Å². The third-order valence-corrected chi connectivity index (χ3v) is 4.32. The van der Waals surface area contributed by atoms with Gasteiger partial charge in [-0.3, -0.25) is 5.32 Å². The molecule has 2 aromatic carbocycles. The van der Waals surface area contributed by atoms with Crippen molar-refractivity contribution in [2.45, 2.75) is 12.6 Å². The van der Waals surface area contributed by atoms with Crippen LogP contribution < -0.4 is 10.6 Å². The van der Waals surface area contributed by atoms with E-state index in [2.05, 4.69) is 15.7 Å². The van der Waals surface area contributed by atoms with E-state index >= 15 is 0 Å². The van der Waals surface area contributed by atoms with Crippen molar-refractivity contribution in [3.05, 3.63) is 82.5 Å². The summed E-state index contributed by atoms with van der Waals surface area (Å²) in [5, 5.41) is 10.9. The van der Waals surface area contributed by atoms with Gasteiger partial charge >= 0.3 is 6.03 Å². The van der Waals surface area contributed by atoms with Gasteiger partial charge in [0, 0.05) is 10.6 Å². The minimum Gasteiger partial charge on any atom is -0.327 e. The summed E-state index contributed by atoms with van der Waals surface area (Å²) in [6, 6.07) is 17.0. The fourth-order valence-electron chi connectivity index (χ4n) is 2.89. The number of hydrogen-bond donors (Lipinski definition) is 2. The number of hydrogen-bond acceptors (Lipinski definition) is 2. The summed E-state index contributed by atoms with van der Waals surface area (Å²) in [4.78, 5) is 12.1. The molecule has 0 aliphatic carbocycles. The van der Waals surface area contributed by atoms with Gasteiger partial charge in [-0.05, 0) is 23.3 Å². The van der Waals surface area contributed by atoms with Crippen LogP contribution in [0.15, 0.2) is 60.8 Å². The van der Waals surface area contributed by atoms with Gasteiger partial charge in [-0.25, -0.2) is 9.48 Å². The first-order valence-electron chi connectivity index (χ1n) is 7.63. The van der Waals surface area contributed by atoms with E-state index in [1.807, 2.05) is 59.3 Å². The summed E-state index contributed by atoms with van der Waals surface area (Å²) in [5.74, 6) is 0.725. The van der Waals surface area contributed by atoms with Gasteiger partial charge in [-0.1, -0.05) is 54.1 Å². The summed E-state index contributed by atoms with van der Waals surface area (Å²) in [7, 11) is 0. The predicted molar refractivity (Wildman–Crippen MR) is 93.2 cm³/mol. The smallest absolute Gasteiger partial charge is 0.321 e. The fourth-order valence-corrected chi connectivity index (χ4v) is 3.02. The van der Waals surface area contributed by atoms with E-state index in [1.165, 1.54) is 0 Å².